The summed E-state index contributed by atoms with van der Waals surface area (Å²) in [7, 11) is 0. The zero-order chi connectivity index (χ0) is 19.8. The minimum absolute atomic E-state index is 0.115. The summed E-state index contributed by atoms with van der Waals surface area (Å²) in [4.78, 5) is 32.5. The predicted octanol–water partition coefficient (Wildman–Crippen LogP) is 4.45. The van der Waals surface area contributed by atoms with Crippen LogP contribution in [-0.4, -0.2) is 22.1 Å². The number of aryl methyl sites for hydroxylation is 2. The average Bonchev–Trinajstić information content (AvgIpc) is 3.04. The highest BCUT2D eigenvalue weighted by Crippen LogP contribution is 2.41. The average molecular weight is 417 g/mol. The highest BCUT2D eigenvalue weighted by Gasteiger charge is 2.33. The first-order valence-corrected chi connectivity index (χ1v) is 10.6. The molecule has 4 rings (SSSR count). The van der Waals surface area contributed by atoms with Crippen molar-refractivity contribution in [3.05, 3.63) is 61.5 Å². The van der Waals surface area contributed by atoms with Crippen LogP contribution in [0.4, 0.5) is 0 Å². The highest BCUT2D eigenvalue weighted by atomic mass is 35.5. The van der Waals surface area contributed by atoms with E-state index < -0.39 is 0 Å². The van der Waals surface area contributed by atoms with Gasteiger partial charge in [0.25, 0.3) is 5.56 Å². The summed E-state index contributed by atoms with van der Waals surface area (Å²) in [5.74, 6) is 0.00731. The molecule has 146 valence electrons. The fourth-order valence-electron chi connectivity index (χ4n) is 3.88. The Labute approximate surface area is 171 Å². The number of ether oxygens (including phenoxy) is 1. The molecule has 0 spiro atoms. The first-order chi connectivity index (χ1) is 13.5. The van der Waals surface area contributed by atoms with Crippen molar-refractivity contribution in [2.75, 3.05) is 6.61 Å². The van der Waals surface area contributed by atoms with Gasteiger partial charge in [0, 0.05) is 9.90 Å². The lowest BCUT2D eigenvalue weighted by molar-refractivity contribution is -0.145. The Kier molecular flexibility index (Phi) is 5.25. The van der Waals surface area contributed by atoms with Gasteiger partial charge in [-0.25, -0.2) is 4.98 Å². The molecule has 0 aliphatic heterocycles. The molecular formula is C21H21ClN2O3S. The van der Waals surface area contributed by atoms with Crippen LogP contribution >= 0.6 is 22.9 Å². The van der Waals surface area contributed by atoms with E-state index in [1.54, 1.807) is 11.5 Å². The van der Waals surface area contributed by atoms with E-state index in [1.165, 1.54) is 11.3 Å². The fourth-order valence-corrected chi connectivity index (χ4v) is 5.39. The number of esters is 1. The third kappa shape index (κ3) is 3.25. The van der Waals surface area contributed by atoms with Gasteiger partial charge in [0.2, 0.25) is 0 Å². The van der Waals surface area contributed by atoms with Crippen LogP contribution in [0.15, 0.2) is 29.1 Å². The highest BCUT2D eigenvalue weighted by molar-refractivity contribution is 7.18. The molecule has 28 heavy (non-hydrogen) atoms. The van der Waals surface area contributed by atoms with Gasteiger partial charge in [0.05, 0.1) is 24.5 Å². The Balaban J connectivity index is 1.88. The van der Waals surface area contributed by atoms with Crippen LogP contribution in [0.1, 0.15) is 47.5 Å². The largest absolute Gasteiger partial charge is 0.466 e. The van der Waals surface area contributed by atoms with Gasteiger partial charge >= 0.3 is 5.97 Å². The van der Waals surface area contributed by atoms with Crippen LogP contribution in [-0.2, 0) is 22.5 Å². The van der Waals surface area contributed by atoms with Crippen molar-refractivity contribution in [2.24, 2.45) is 0 Å². The number of hydrogen-bond acceptors (Lipinski definition) is 5. The second-order valence-corrected chi connectivity index (χ2v) is 8.45. The van der Waals surface area contributed by atoms with Crippen molar-refractivity contribution in [1.29, 1.82) is 0 Å². The standard InChI is InChI=1S/C21H21ClN2O3S/c1-3-27-21(26)14-8-6-10-16-17(14)18-19(28-16)23-12(2)24(20(18)25)11-13-7-4-5-9-15(13)22/h4-5,7,9,14H,3,6,8,10-11H2,1-2H3. The molecule has 0 fully saturated rings. The lowest BCUT2D eigenvalue weighted by Crippen LogP contribution is -2.27. The number of fused-ring (bicyclic) bond motifs is 3. The van der Waals surface area contributed by atoms with Crippen LogP contribution < -0.4 is 5.56 Å². The summed E-state index contributed by atoms with van der Waals surface area (Å²) >= 11 is 7.82. The Bertz CT molecular complexity index is 1120. The molecule has 2 heterocycles. The van der Waals surface area contributed by atoms with E-state index in [1.807, 2.05) is 31.2 Å². The van der Waals surface area contributed by atoms with E-state index in [0.29, 0.717) is 40.6 Å². The lowest BCUT2D eigenvalue weighted by Gasteiger charge is -2.21. The molecule has 0 saturated carbocycles. The molecule has 1 aliphatic rings. The van der Waals surface area contributed by atoms with Crippen LogP contribution in [0.3, 0.4) is 0 Å². The molecule has 0 saturated heterocycles. The summed E-state index contributed by atoms with van der Waals surface area (Å²) in [6, 6.07) is 7.48. The zero-order valence-electron chi connectivity index (χ0n) is 15.8. The van der Waals surface area contributed by atoms with Gasteiger partial charge in [-0.1, -0.05) is 29.8 Å². The first kappa shape index (κ1) is 19.2. The topological polar surface area (TPSA) is 61.2 Å². The molecule has 7 heteroatoms. The number of rotatable bonds is 4. The van der Waals surface area contributed by atoms with E-state index >= 15 is 0 Å². The number of benzene rings is 1. The summed E-state index contributed by atoms with van der Waals surface area (Å²) in [6.07, 6.45) is 2.49. The van der Waals surface area contributed by atoms with Crippen molar-refractivity contribution in [1.82, 2.24) is 9.55 Å². The summed E-state index contributed by atoms with van der Waals surface area (Å²) < 4.78 is 6.93. The molecular weight excluding hydrogens is 396 g/mol. The van der Waals surface area contributed by atoms with Crippen molar-refractivity contribution in [3.8, 4) is 0 Å². The molecule has 0 N–H and O–H groups in total. The molecule has 1 unspecified atom stereocenters. The van der Waals surface area contributed by atoms with Crippen LogP contribution in [0.25, 0.3) is 10.2 Å². The van der Waals surface area contributed by atoms with E-state index in [9.17, 15) is 9.59 Å². The van der Waals surface area contributed by atoms with Gasteiger partial charge < -0.3 is 4.74 Å². The Morgan fingerprint density at radius 2 is 2.18 bits per heavy atom. The zero-order valence-corrected chi connectivity index (χ0v) is 17.4. The van der Waals surface area contributed by atoms with Gasteiger partial charge in [-0.3, -0.25) is 14.2 Å². The molecule has 0 radical (unpaired) electrons. The number of thiophene rings is 1. The monoisotopic (exact) mass is 416 g/mol. The van der Waals surface area contributed by atoms with Crippen LogP contribution in [0.5, 0.6) is 0 Å². The van der Waals surface area contributed by atoms with Crippen molar-refractivity contribution >= 4 is 39.1 Å². The second kappa shape index (κ2) is 7.68. The third-order valence-corrected chi connectivity index (χ3v) is 6.75. The van der Waals surface area contributed by atoms with Gasteiger partial charge in [0.15, 0.2) is 0 Å². The van der Waals surface area contributed by atoms with E-state index in [-0.39, 0.29) is 17.4 Å². The smallest absolute Gasteiger partial charge is 0.313 e. The number of halogens is 1. The summed E-state index contributed by atoms with van der Waals surface area (Å²) in [6.45, 7) is 4.32. The van der Waals surface area contributed by atoms with Crippen molar-refractivity contribution < 1.29 is 9.53 Å². The summed E-state index contributed by atoms with van der Waals surface area (Å²) in [5, 5.41) is 1.18. The molecule has 0 amide bonds. The quantitative estimate of drug-likeness (QED) is 0.589. The fraction of sp³-hybridized carbons (Fsp3) is 0.381. The first-order valence-electron chi connectivity index (χ1n) is 9.44. The van der Waals surface area contributed by atoms with Gasteiger partial charge in [-0.2, -0.15) is 0 Å². The SMILES string of the molecule is CCOC(=O)C1CCCc2sc3nc(C)n(Cc4ccccc4Cl)c(=O)c3c21. The van der Waals surface area contributed by atoms with Crippen LogP contribution in [0.2, 0.25) is 5.02 Å². The number of carbonyl (C=O) groups is 1. The minimum atomic E-state index is -0.386. The second-order valence-electron chi connectivity index (χ2n) is 6.96. The normalized spacial score (nSPS) is 16.2. The number of aromatic nitrogens is 2. The maximum absolute atomic E-state index is 13.5. The Morgan fingerprint density at radius 1 is 1.39 bits per heavy atom. The molecule has 1 aromatic carbocycles. The van der Waals surface area contributed by atoms with Gasteiger partial charge in [-0.05, 0) is 50.3 Å². The van der Waals surface area contributed by atoms with E-state index in [4.69, 9.17) is 21.3 Å². The predicted molar refractivity (Wildman–Crippen MR) is 111 cm³/mol. The maximum atomic E-state index is 13.5. The third-order valence-electron chi connectivity index (χ3n) is 5.22. The number of carbonyl (C=O) groups excluding carboxylic acids is 1. The number of hydrogen-bond donors (Lipinski definition) is 0. The van der Waals surface area contributed by atoms with Crippen LogP contribution in [0, 0.1) is 6.92 Å². The van der Waals surface area contributed by atoms with E-state index in [2.05, 4.69) is 0 Å². The summed E-state index contributed by atoms with van der Waals surface area (Å²) in [5.41, 5.74) is 1.58. The van der Waals surface area contributed by atoms with E-state index in [0.717, 1.165) is 28.8 Å². The Morgan fingerprint density at radius 3 is 2.93 bits per heavy atom. The molecule has 2 aromatic heterocycles. The molecule has 3 aromatic rings. The van der Waals surface area contributed by atoms with Crippen molar-refractivity contribution in [2.45, 2.75) is 45.6 Å². The molecule has 1 atom stereocenters. The molecule has 1 aliphatic carbocycles. The van der Waals surface area contributed by atoms with Crippen molar-refractivity contribution in [3.63, 3.8) is 0 Å². The minimum Gasteiger partial charge on any atom is -0.466 e. The maximum Gasteiger partial charge on any atom is 0.313 e. The van der Waals surface area contributed by atoms with Gasteiger partial charge in [0.1, 0.15) is 10.7 Å². The Hall–Kier alpha value is -2.18. The van der Waals surface area contributed by atoms with Gasteiger partial charge in [-0.15, -0.1) is 11.3 Å². The number of nitrogens with zero attached hydrogens (tertiary/aromatic N) is 2. The lowest BCUT2D eigenvalue weighted by atomic mass is 9.86. The molecule has 0 bridgehead atoms. The molecule has 5 nitrogen and oxygen atoms in total.